The van der Waals surface area contributed by atoms with Gasteiger partial charge in [-0.3, -0.25) is 48.6 Å². The zero-order valence-electron chi connectivity index (χ0n) is 39.4. The fourth-order valence-corrected chi connectivity index (χ4v) is 10.4. The van der Waals surface area contributed by atoms with E-state index in [-0.39, 0.29) is 62.0 Å². The number of hydrogen-bond donors (Lipinski definition) is 11. The van der Waals surface area contributed by atoms with E-state index in [1.165, 1.54) is 39.8 Å². The molecule has 25 heteroatoms. The van der Waals surface area contributed by atoms with E-state index in [9.17, 15) is 43.2 Å². The lowest BCUT2D eigenvalue weighted by molar-refractivity contribution is -0.142. The number of nitrogens with one attached hydrogen (secondary N) is 9. The molecule has 2 fully saturated rings. The number of benzene rings is 1. The molecule has 1 aromatic carbocycles. The van der Waals surface area contributed by atoms with Gasteiger partial charge in [0.2, 0.25) is 53.2 Å². The molecule has 384 valence electrons. The minimum atomic E-state index is -1.61. The quantitative estimate of drug-likeness (QED) is 0.0559. The fraction of sp³-hybridized carbons (Fsp3) is 0.556. The summed E-state index contributed by atoms with van der Waals surface area (Å²) in [5.74, 6) is -6.67. The summed E-state index contributed by atoms with van der Waals surface area (Å²) >= 11 is 9.99. The average molecular weight is 1050 g/mol. The van der Waals surface area contributed by atoms with Gasteiger partial charge in [0.05, 0.1) is 12.3 Å². The normalized spacial score (nSPS) is 22.6. The molecule has 7 atom stereocenters. The SMILES string of the molecule is CCCNC(=O)[C@@H](CCCNC(=N)N)NC(=O)[C@@H]1CSCN1C(=O)[C@@H]1CSCCCC(=O)N[C@@H](Cc2ccc(Cl)cc2)C(=O)N[C@@H](Cc2cccs2)C(=O)N[C@@H](C(C)C)C(=O)N[C@@H](CC(N)=O)C(=O)N1. The Hall–Kier alpha value is -5.59. The summed E-state index contributed by atoms with van der Waals surface area (Å²) in [6, 6.07) is 1.68. The van der Waals surface area contributed by atoms with E-state index >= 15 is 0 Å². The summed E-state index contributed by atoms with van der Waals surface area (Å²) in [7, 11) is 0. The van der Waals surface area contributed by atoms with Crippen molar-refractivity contribution in [3.05, 3.63) is 57.2 Å². The summed E-state index contributed by atoms with van der Waals surface area (Å²) in [5, 5.41) is 31.5. The van der Waals surface area contributed by atoms with Gasteiger partial charge in [0.1, 0.15) is 42.3 Å². The van der Waals surface area contributed by atoms with Gasteiger partial charge >= 0.3 is 0 Å². The van der Waals surface area contributed by atoms with Crippen LogP contribution in [0.2, 0.25) is 5.02 Å². The largest absolute Gasteiger partial charge is 0.370 e. The lowest BCUT2D eigenvalue weighted by Gasteiger charge is -2.31. The van der Waals surface area contributed by atoms with Crippen molar-refractivity contribution in [3.63, 3.8) is 0 Å². The van der Waals surface area contributed by atoms with Gasteiger partial charge in [-0.25, -0.2) is 0 Å². The van der Waals surface area contributed by atoms with Gasteiger partial charge in [0.15, 0.2) is 5.96 Å². The van der Waals surface area contributed by atoms with E-state index in [1.54, 1.807) is 50.2 Å². The van der Waals surface area contributed by atoms with E-state index in [0.717, 1.165) is 4.88 Å². The van der Waals surface area contributed by atoms with Crippen LogP contribution in [0.1, 0.15) is 69.7 Å². The topological polar surface area (TPSA) is 329 Å². The van der Waals surface area contributed by atoms with Crippen LogP contribution in [0.5, 0.6) is 0 Å². The molecule has 13 N–H and O–H groups in total. The van der Waals surface area contributed by atoms with Crippen LogP contribution in [0.25, 0.3) is 0 Å². The van der Waals surface area contributed by atoms with Crippen LogP contribution < -0.4 is 54.0 Å². The molecule has 9 amide bonds. The van der Waals surface area contributed by atoms with E-state index in [4.69, 9.17) is 28.5 Å². The molecule has 2 saturated heterocycles. The van der Waals surface area contributed by atoms with Gasteiger partial charge in [-0.15, -0.1) is 23.1 Å². The Bertz CT molecular complexity index is 2150. The third-order valence-corrected chi connectivity index (χ3v) is 14.4. The zero-order chi connectivity index (χ0) is 51.3. The van der Waals surface area contributed by atoms with Crippen molar-refractivity contribution in [3.8, 4) is 0 Å². The number of carbonyl (C=O) groups excluding carboxylic acids is 9. The van der Waals surface area contributed by atoms with E-state index in [0.29, 0.717) is 35.7 Å². The van der Waals surface area contributed by atoms with E-state index in [2.05, 4.69) is 42.5 Å². The predicted molar refractivity (Wildman–Crippen MR) is 270 cm³/mol. The van der Waals surface area contributed by atoms with Crippen LogP contribution in [0.3, 0.4) is 0 Å². The molecular formula is C45H65ClN12O9S3. The number of amides is 9. The number of primary amides is 1. The molecule has 0 saturated carbocycles. The second kappa shape index (κ2) is 28.9. The Balaban J connectivity index is 1.64. The molecule has 0 bridgehead atoms. The molecule has 0 radical (unpaired) electrons. The van der Waals surface area contributed by atoms with Gasteiger partial charge < -0.3 is 58.9 Å². The molecule has 0 spiro atoms. The van der Waals surface area contributed by atoms with Crippen molar-refractivity contribution in [2.45, 2.75) is 114 Å². The zero-order valence-corrected chi connectivity index (χ0v) is 42.6. The summed E-state index contributed by atoms with van der Waals surface area (Å²) < 4.78 is 0. The van der Waals surface area contributed by atoms with Crippen LogP contribution in [-0.2, 0) is 56.0 Å². The van der Waals surface area contributed by atoms with Crippen molar-refractivity contribution >= 4 is 106 Å². The number of halogens is 1. The Morgan fingerprint density at radius 2 is 1.53 bits per heavy atom. The van der Waals surface area contributed by atoms with Gasteiger partial charge in [0, 0.05) is 53.8 Å². The molecule has 21 nitrogen and oxygen atoms in total. The number of thiophene rings is 1. The fourth-order valence-electron chi connectivity index (χ4n) is 7.40. The van der Waals surface area contributed by atoms with Gasteiger partial charge in [-0.2, -0.15) is 11.8 Å². The maximum atomic E-state index is 14.5. The second-order valence-electron chi connectivity index (χ2n) is 17.2. The van der Waals surface area contributed by atoms with Gasteiger partial charge in [-0.1, -0.05) is 50.6 Å². The minimum Gasteiger partial charge on any atom is -0.370 e. The molecule has 4 rings (SSSR count). The first-order valence-corrected chi connectivity index (χ1v) is 26.6. The van der Waals surface area contributed by atoms with E-state index < -0.39 is 108 Å². The maximum Gasteiger partial charge on any atom is 0.247 e. The van der Waals surface area contributed by atoms with Crippen LogP contribution in [0, 0.1) is 11.3 Å². The smallest absolute Gasteiger partial charge is 0.247 e. The average Bonchev–Trinajstić information content (AvgIpc) is 4.03. The third-order valence-electron chi connectivity index (χ3n) is 11.1. The van der Waals surface area contributed by atoms with Crippen molar-refractivity contribution in [1.82, 2.24) is 47.4 Å². The van der Waals surface area contributed by atoms with Crippen molar-refractivity contribution in [2.75, 3.05) is 36.2 Å². The Morgan fingerprint density at radius 3 is 2.19 bits per heavy atom. The monoisotopic (exact) mass is 1050 g/mol. The Labute approximate surface area is 424 Å². The van der Waals surface area contributed by atoms with Crippen LogP contribution in [-0.4, -0.2) is 143 Å². The standard InChI is InChI=1S/C45H65ClN12O9S3/c1-4-15-50-38(61)29(9-5-16-51-45(48)49)53-42(65)34-23-69-24-58(34)44(67)33-22-68-17-7-10-36(60)52-30(19-26-11-13-27(46)14-12-26)39(62)54-31(20-28-8-6-18-70-28)41(64)57-37(25(2)3)43(66)55-32(21-35(47)59)40(63)56-33/h6,8,11-14,18,25,29-34,37H,4-5,7,9-10,15-17,19-24H2,1-3H3,(H2,47,59)(H,50,61)(H,52,60)(H,53,65)(H,54,62)(H,55,66)(H,56,63)(H,57,64)(H4,48,49,51)/t29-,30+,31+,32+,33+,34+,37+/m1/s1. The summed E-state index contributed by atoms with van der Waals surface area (Å²) in [5.41, 5.74) is 11.7. The second-order valence-corrected chi connectivity index (χ2v) is 20.8. The molecule has 70 heavy (non-hydrogen) atoms. The highest BCUT2D eigenvalue weighted by atomic mass is 35.5. The number of guanidine groups is 1. The highest BCUT2D eigenvalue weighted by Crippen LogP contribution is 2.24. The Morgan fingerprint density at radius 1 is 0.843 bits per heavy atom. The van der Waals surface area contributed by atoms with Crippen molar-refractivity contribution < 1.29 is 43.2 Å². The molecular weight excluding hydrogens is 984 g/mol. The first kappa shape index (κ1) is 57.0. The van der Waals surface area contributed by atoms with Gasteiger partial charge in [0.25, 0.3) is 0 Å². The Kier molecular flexibility index (Phi) is 23.5. The van der Waals surface area contributed by atoms with Crippen LogP contribution >= 0.6 is 46.5 Å². The molecule has 2 aromatic rings. The summed E-state index contributed by atoms with van der Waals surface area (Å²) in [4.78, 5) is 126. The number of thioether (sulfide) groups is 2. The van der Waals surface area contributed by atoms with Crippen molar-refractivity contribution in [2.24, 2.45) is 17.4 Å². The molecule has 1 aromatic heterocycles. The van der Waals surface area contributed by atoms with Gasteiger partial charge in [-0.05, 0) is 66.5 Å². The lowest BCUT2D eigenvalue weighted by Crippen LogP contribution is -2.61. The predicted octanol–water partition coefficient (Wildman–Crippen LogP) is -0.155. The number of carbonyl (C=O) groups is 9. The number of nitrogens with two attached hydrogens (primary N) is 2. The lowest BCUT2D eigenvalue weighted by atomic mass is 10.0. The van der Waals surface area contributed by atoms with Crippen LogP contribution in [0.4, 0.5) is 0 Å². The number of nitrogens with zero attached hydrogens (tertiary/aromatic N) is 1. The summed E-state index contributed by atoms with van der Waals surface area (Å²) in [6.45, 7) is 5.82. The molecule has 0 unspecified atom stereocenters. The van der Waals surface area contributed by atoms with E-state index in [1.807, 2.05) is 12.3 Å². The summed E-state index contributed by atoms with van der Waals surface area (Å²) in [6.07, 6.45) is 0.873. The third kappa shape index (κ3) is 18.6. The first-order valence-electron chi connectivity index (χ1n) is 23.0. The molecule has 0 aliphatic carbocycles. The maximum absolute atomic E-state index is 14.5. The van der Waals surface area contributed by atoms with Crippen LogP contribution in [0.15, 0.2) is 41.8 Å². The molecule has 2 aliphatic rings. The first-order chi connectivity index (χ1) is 33.4. The number of hydrogen-bond acceptors (Lipinski definition) is 13. The molecule has 2 aliphatic heterocycles. The molecule has 3 heterocycles. The number of rotatable bonds is 17. The highest BCUT2D eigenvalue weighted by Gasteiger charge is 2.41. The highest BCUT2D eigenvalue weighted by molar-refractivity contribution is 7.99. The minimum absolute atomic E-state index is 0.0346. The van der Waals surface area contributed by atoms with Crippen molar-refractivity contribution in [1.29, 1.82) is 5.41 Å².